The first-order valence-corrected chi connectivity index (χ1v) is 3.73. The first-order valence-electron chi connectivity index (χ1n) is 3.73. The van der Waals surface area contributed by atoms with Crippen LogP contribution in [0.2, 0.25) is 0 Å². The van der Waals surface area contributed by atoms with Crippen LogP contribution in [0.4, 0.5) is 0 Å². The van der Waals surface area contributed by atoms with Crippen molar-refractivity contribution in [2.24, 2.45) is 11.1 Å². The minimum Gasteiger partial charge on any atom is -0.369 e. The van der Waals surface area contributed by atoms with E-state index in [2.05, 4.69) is 17.8 Å². The summed E-state index contributed by atoms with van der Waals surface area (Å²) in [6.07, 6.45) is 15.9. The quantitative estimate of drug-likeness (QED) is 0.619. The van der Waals surface area contributed by atoms with E-state index in [0.29, 0.717) is 0 Å². The molecule has 2 N–H and O–H groups in total. The van der Waals surface area contributed by atoms with Crippen LogP contribution in [0.25, 0.3) is 0 Å². The Kier molecular flexibility index (Phi) is 4.21. The largest absolute Gasteiger partial charge is 0.369 e. The van der Waals surface area contributed by atoms with Gasteiger partial charge in [0.2, 0.25) is 5.91 Å². The highest BCUT2D eigenvalue weighted by molar-refractivity contribution is 5.82. The molecule has 0 spiro atoms. The second-order valence-corrected chi connectivity index (χ2v) is 2.79. The van der Waals surface area contributed by atoms with Crippen molar-refractivity contribution in [3.8, 4) is 37.0 Å². The topological polar surface area (TPSA) is 43.1 Å². The van der Waals surface area contributed by atoms with Crippen LogP contribution in [-0.2, 0) is 4.79 Å². The number of hydrogen-bond acceptors (Lipinski definition) is 1. The molecule has 0 atom stereocenters. The van der Waals surface area contributed by atoms with E-state index in [4.69, 9.17) is 25.0 Å². The number of rotatable bonds is 4. The number of terminal acetylenes is 3. The lowest BCUT2D eigenvalue weighted by Crippen LogP contribution is -2.36. The Morgan fingerprint density at radius 3 is 1.54 bits per heavy atom. The molecule has 2 nitrogen and oxygen atoms in total. The highest BCUT2D eigenvalue weighted by Crippen LogP contribution is 2.29. The Balaban J connectivity index is 4.87. The molecule has 0 aromatic heterocycles. The van der Waals surface area contributed by atoms with Gasteiger partial charge in [-0.05, 0) is 0 Å². The third-order valence-corrected chi connectivity index (χ3v) is 1.84. The van der Waals surface area contributed by atoms with Crippen molar-refractivity contribution in [3.05, 3.63) is 0 Å². The number of amides is 1. The second kappa shape index (κ2) is 4.91. The third kappa shape index (κ3) is 2.58. The van der Waals surface area contributed by atoms with E-state index in [9.17, 15) is 4.79 Å². The van der Waals surface area contributed by atoms with Crippen molar-refractivity contribution in [2.45, 2.75) is 19.3 Å². The Bertz CT molecular complexity index is 268. The SMILES string of the molecule is C#CCC(CC#C)(CC#C)C(N)=O. The van der Waals surface area contributed by atoms with Gasteiger partial charge in [0.25, 0.3) is 0 Å². The molecule has 0 radical (unpaired) electrons. The van der Waals surface area contributed by atoms with Crippen LogP contribution in [0.3, 0.4) is 0 Å². The smallest absolute Gasteiger partial charge is 0.226 e. The normalized spacial score (nSPS) is 9.31. The molecule has 0 aliphatic heterocycles. The van der Waals surface area contributed by atoms with Crippen molar-refractivity contribution < 1.29 is 4.79 Å². The van der Waals surface area contributed by atoms with Crippen molar-refractivity contribution >= 4 is 5.91 Å². The summed E-state index contributed by atoms with van der Waals surface area (Å²) >= 11 is 0. The summed E-state index contributed by atoms with van der Waals surface area (Å²) in [5.41, 5.74) is 4.29. The molecule has 13 heavy (non-hydrogen) atoms. The van der Waals surface area contributed by atoms with Gasteiger partial charge in [0.1, 0.15) is 0 Å². The van der Waals surface area contributed by atoms with Crippen molar-refractivity contribution in [3.63, 3.8) is 0 Å². The summed E-state index contributed by atoms with van der Waals surface area (Å²) in [6.45, 7) is 0. The number of carbonyl (C=O) groups is 1. The van der Waals surface area contributed by atoms with Crippen LogP contribution < -0.4 is 5.73 Å². The van der Waals surface area contributed by atoms with Crippen molar-refractivity contribution in [1.29, 1.82) is 0 Å². The number of hydrogen-bond donors (Lipinski definition) is 1. The fraction of sp³-hybridized carbons (Fsp3) is 0.364. The molecule has 0 rings (SSSR count). The van der Waals surface area contributed by atoms with Gasteiger partial charge in [-0.3, -0.25) is 4.79 Å². The molecular weight excluding hydrogens is 162 g/mol. The minimum absolute atomic E-state index is 0.191. The van der Waals surface area contributed by atoms with Crippen LogP contribution in [-0.4, -0.2) is 5.91 Å². The van der Waals surface area contributed by atoms with Gasteiger partial charge in [-0.25, -0.2) is 0 Å². The van der Waals surface area contributed by atoms with E-state index in [1.54, 1.807) is 0 Å². The van der Waals surface area contributed by atoms with E-state index < -0.39 is 11.3 Å². The lowest BCUT2D eigenvalue weighted by molar-refractivity contribution is -0.127. The van der Waals surface area contributed by atoms with Gasteiger partial charge in [0.15, 0.2) is 0 Å². The van der Waals surface area contributed by atoms with E-state index in [0.717, 1.165) is 0 Å². The molecule has 0 aromatic carbocycles. The second-order valence-electron chi connectivity index (χ2n) is 2.79. The van der Waals surface area contributed by atoms with Gasteiger partial charge in [-0.2, -0.15) is 0 Å². The number of primary amides is 1. The highest BCUT2D eigenvalue weighted by atomic mass is 16.1. The van der Waals surface area contributed by atoms with Gasteiger partial charge in [0, 0.05) is 19.3 Å². The third-order valence-electron chi connectivity index (χ3n) is 1.84. The van der Waals surface area contributed by atoms with Crippen molar-refractivity contribution in [2.75, 3.05) is 0 Å². The maximum Gasteiger partial charge on any atom is 0.226 e. The average Bonchev–Trinajstić information content (AvgIpc) is 2.05. The zero-order chi connectivity index (χ0) is 10.3. The maximum absolute atomic E-state index is 11.1. The molecule has 0 unspecified atom stereocenters. The molecule has 0 aliphatic rings. The lowest BCUT2D eigenvalue weighted by Gasteiger charge is -2.23. The standard InChI is InChI=1S/C11H11NO/c1-4-7-11(8-5-2,9-6-3)10(12)13/h1-3H,7-9H2,(H2,12,13). The zero-order valence-electron chi connectivity index (χ0n) is 7.34. The minimum atomic E-state index is -0.918. The first-order chi connectivity index (χ1) is 6.13. The fourth-order valence-corrected chi connectivity index (χ4v) is 1.03. The summed E-state index contributed by atoms with van der Waals surface area (Å²) < 4.78 is 0. The van der Waals surface area contributed by atoms with Crippen LogP contribution >= 0.6 is 0 Å². The molecule has 0 heterocycles. The van der Waals surface area contributed by atoms with Gasteiger partial charge in [-0.1, -0.05) is 0 Å². The van der Waals surface area contributed by atoms with Crippen LogP contribution in [0.5, 0.6) is 0 Å². The molecule has 0 aliphatic carbocycles. The zero-order valence-corrected chi connectivity index (χ0v) is 7.34. The molecular formula is C11H11NO. The summed E-state index contributed by atoms with van der Waals surface area (Å²) in [5.74, 6) is 6.58. The molecule has 0 aromatic rings. The van der Waals surface area contributed by atoms with E-state index in [1.807, 2.05) is 0 Å². The van der Waals surface area contributed by atoms with Crippen LogP contribution in [0.15, 0.2) is 0 Å². The number of nitrogens with two attached hydrogens (primary N) is 1. The van der Waals surface area contributed by atoms with Crippen LogP contribution in [0, 0.1) is 42.4 Å². The predicted octanol–water partition coefficient (Wildman–Crippen LogP) is 0.528. The molecule has 1 amide bonds. The molecule has 0 bridgehead atoms. The first kappa shape index (κ1) is 11.2. The maximum atomic E-state index is 11.1. The summed E-state index contributed by atoms with van der Waals surface area (Å²) in [6, 6.07) is 0. The molecule has 0 fully saturated rings. The summed E-state index contributed by atoms with van der Waals surface area (Å²) in [5, 5.41) is 0. The Morgan fingerprint density at radius 2 is 1.38 bits per heavy atom. The van der Waals surface area contributed by atoms with Crippen LogP contribution in [0.1, 0.15) is 19.3 Å². The van der Waals surface area contributed by atoms with Gasteiger partial charge >= 0.3 is 0 Å². The molecule has 66 valence electrons. The van der Waals surface area contributed by atoms with E-state index in [1.165, 1.54) is 0 Å². The monoisotopic (exact) mass is 173 g/mol. The lowest BCUT2D eigenvalue weighted by atomic mass is 9.78. The van der Waals surface area contributed by atoms with E-state index >= 15 is 0 Å². The summed E-state index contributed by atoms with van der Waals surface area (Å²) in [4.78, 5) is 11.1. The molecule has 2 heteroatoms. The Morgan fingerprint density at radius 1 is 1.08 bits per heavy atom. The molecule has 0 saturated carbocycles. The van der Waals surface area contributed by atoms with Gasteiger partial charge in [0.05, 0.1) is 5.41 Å². The summed E-state index contributed by atoms with van der Waals surface area (Å²) in [7, 11) is 0. The predicted molar refractivity (Wildman–Crippen MR) is 52.0 cm³/mol. The number of carbonyl (C=O) groups excluding carboxylic acids is 1. The fourth-order valence-electron chi connectivity index (χ4n) is 1.03. The van der Waals surface area contributed by atoms with Crippen molar-refractivity contribution in [1.82, 2.24) is 0 Å². The Hall–Kier alpha value is -1.85. The van der Waals surface area contributed by atoms with Gasteiger partial charge < -0.3 is 5.73 Å². The average molecular weight is 173 g/mol. The van der Waals surface area contributed by atoms with E-state index in [-0.39, 0.29) is 19.3 Å². The highest BCUT2D eigenvalue weighted by Gasteiger charge is 2.34. The Labute approximate surface area is 78.9 Å². The molecule has 0 saturated heterocycles. The van der Waals surface area contributed by atoms with Gasteiger partial charge in [-0.15, -0.1) is 37.0 Å².